The van der Waals surface area contributed by atoms with Crippen molar-refractivity contribution < 1.29 is 14.3 Å². The molecule has 1 atom stereocenters. The van der Waals surface area contributed by atoms with Gasteiger partial charge in [-0.3, -0.25) is 9.59 Å². The van der Waals surface area contributed by atoms with E-state index in [1.807, 2.05) is 66.7 Å². The number of ether oxygens (including phenoxy) is 1. The zero-order valence-electron chi connectivity index (χ0n) is 18.4. The average Bonchev–Trinajstić information content (AvgIpc) is 2.89. The Balaban J connectivity index is 1.43. The van der Waals surface area contributed by atoms with Crippen molar-refractivity contribution >= 4 is 23.2 Å². The highest BCUT2D eigenvalue weighted by Gasteiger charge is 2.35. The van der Waals surface area contributed by atoms with Crippen LogP contribution in [0.1, 0.15) is 21.5 Å². The van der Waals surface area contributed by atoms with Gasteiger partial charge in [0.15, 0.2) is 0 Å². The molecule has 6 nitrogen and oxygen atoms in total. The second kappa shape index (κ2) is 9.46. The maximum absolute atomic E-state index is 13.6. The van der Waals surface area contributed by atoms with Crippen molar-refractivity contribution in [1.82, 2.24) is 4.90 Å². The van der Waals surface area contributed by atoms with Gasteiger partial charge in [0.1, 0.15) is 6.04 Å². The van der Waals surface area contributed by atoms with Crippen LogP contribution in [-0.2, 0) is 22.5 Å². The second-order valence-corrected chi connectivity index (χ2v) is 8.39. The van der Waals surface area contributed by atoms with E-state index in [9.17, 15) is 9.59 Å². The van der Waals surface area contributed by atoms with Crippen LogP contribution in [0.3, 0.4) is 0 Å². The number of hydrogen-bond donors (Lipinski definition) is 1. The maximum Gasteiger partial charge on any atom is 0.254 e. The highest BCUT2D eigenvalue weighted by molar-refractivity contribution is 6.03. The first kappa shape index (κ1) is 21.2. The molecular formula is C27H27N3O3. The monoisotopic (exact) mass is 441 g/mol. The number of hydrogen-bond acceptors (Lipinski definition) is 4. The molecule has 1 N–H and O–H groups in total. The van der Waals surface area contributed by atoms with Gasteiger partial charge >= 0.3 is 0 Å². The zero-order valence-corrected chi connectivity index (χ0v) is 18.4. The number of anilines is 2. The molecule has 0 radical (unpaired) electrons. The van der Waals surface area contributed by atoms with Gasteiger partial charge in [-0.1, -0.05) is 54.6 Å². The fourth-order valence-electron chi connectivity index (χ4n) is 4.59. The molecule has 0 spiro atoms. The highest BCUT2D eigenvalue weighted by atomic mass is 16.5. The summed E-state index contributed by atoms with van der Waals surface area (Å²) < 4.78 is 5.48. The predicted octanol–water partition coefficient (Wildman–Crippen LogP) is 3.73. The first-order valence-electron chi connectivity index (χ1n) is 11.4. The molecule has 2 amide bonds. The number of rotatable bonds is 4. The molecule has 6 heteroatoms. The summed E-state index contributed by atoms with van der Waals surface area (Å²) in [5.41, 5.74) is 4.51. The van der Waals surface area contributed by atoms with E-state index in [4.69, 9.17) is 4.74 Å². The van der Waals surface area contributed by atoms with Crippen LogP contribution in [0.2, 0.25) is 0 Å². The van der Waals surface area contributed by atoms with Crippen molar-refractivity contribution in [2.45, 2.75) is 19.0 Å². The largest absolute Gasteiger partial charge is 0.378 e. The summed E-state index contributed by atoms with van der Waals surface area (Å²) in [6.45, 7) is 3.31. The van der Waals surface area contributed by atoms with E-state index in [1.165, 1.54) is 0 Å². The van der Waals surface area contributed by atoms with E-state index in [0.717, 1.165) is 35.6 Å². The molecule has 1 fully saturated rings. The van der Waals surface area contributed by atoms with Crippen molar-refractivity contribution in [3.8, 4) is 0 Å². The molecule has 5 rings (SSSR count). The normalized spacial score (nSPS) is 17.9. The third kappa shape index (κ3) is 4.47. The molecular weight excluding hydrogens is 414 g/mol. The smallest absolute Gasteiger partial charge is 0.254 e. The lowest BCUT2D eigenvalue weighted by molar-refractivity contribution is -0.121. The molecule has 2 heterocycles. The SMILES string of the molecule is O=C(Nc1ccccc1N1CCOCC1)[C@@H]1Cc2ccccc2CN1C(=O)c1ccccc1. The summed E-state index contributed by atoms with van der Waals surface area (Å²) in [6.07, 6.45) is 0.486. The van der Waals surface area contributed by atoms with Crippen LogP contribution in [-0.4, -0.2) is 49.1 Å². The van der Waals surface area contributed by atoms with Crippen molar-refractivity contribution in [3.63, 3.8) is 0 Å². The van der Waals surface area contributed by atoms with Crippen LogP contribution in [0.25, 0.3) is 0 Å². The quantitative estimate of drug-likeness (QED) is 0.670. The Morgan fingerprint density at radius 2 is 1.48 bits per heavy atom. The van der Waals surface area contributed by atoms with Gasteiger partial charge in [0, 0.05) is 31.6 Å². The van der Waals surface area contributed by atoms with Crippen LogP contribution in [0, 0.1) is 0 Å². The van der Waals surface area contributed by atoms with Gasteiger partial charge in [-0.05, 0) is 35.4 Å². The van der Waals surface area contributed by atoms with Crippen molar-refractivity contribution in [2.75, 3.05) is 36.5 Å². The van der Waals surface area contributed by atoms with Crippen LogP contribution < -0.4 is 10.2 Å². The van der Waals surface area contributed by atoms with Crippen LogP contribution in [0.5, 0.6) is 0 Å². The Morgan fingerprint density at radius 1 is 0.818 bits per heavy atom. The van der Waals surface area contributed by atoms with Crippen LogP contribution >= 0.6 is 0 Å². The van der Waals surface area contributed by atoms with Gasteiger partial charge in [-0.25, -0.2) is 0 Å². The lowest BCUT2D eigenvalue weighted by atomic mass is 9.92. The molecule has 33 heavy (non-hydrogen) atoms. The Hall–Kier alpha value is -3.64. The number of carbonyl (C=O) groups is 2. The molecule has 0 aliphatic carbocycles. The van der Waals surface area contributed by atoms with E-state index >= 15 is 0 Å². The second-order valence-electron chi connectivity index (χ2n) is 8.39. The van der Waals surface area contributed by atoms with E-state index in [2.05, 4.69) is 10.2 Å². The molecule has 0 bridgehead atoms. The third-order valence-corrected chi connectivity index (χ3v) is 6.35. The van der Waals surface area contributed by atoms with Gasteiger partial charge in [-0.15, -0.1) is 0 Å². The number of carbonyl (C=O) groups excluding carboxylic acids is 2. The zero-order chi connectivity index (χ0) is 22.6. The number of nitrogens with one attached hydrogen (secondary N) is 1. The first-order valence-corrected chi connectivity index (χ1v) is 11.4. The van der Waals surface area contributed by atoms with Gasteiger partial charge in [0.25, 0.3) is 5.91 Å². The summed E-state index contributed by atoms with van der Waals surface area (Å²) in [6, 6.07) is 24.4. The number of amides is 2. The van der Waals surface area contributed by atoms with Crippen LogP contribution in [0.4, 0.5) is 11.4 Å². The molecule has 0 aromatic heterocycles. The van der Waals surface area contributed by atoms with E-state index in [0.29, 0.717) is 31.7 Å². The minimum atomic E-state index is -0.592. The Morgan fingerprint density at radius 3 is 2.27 bits per heavy atom. The van der Waals surface area contributed by atoms with E-state index in [-0.39, 0.29) is 11.8 Å². The molecule has 2 aliphatic rings. The molecule has 3 aromatic rings. The Kier molecular flexibility index (Phi) is 6.09. The lowest BCUT2D eigenvalue weighted by Gasteiger charge is -2.36. The number of nitrogens with zero attached hydrogens (tertiary/aromatic N) is 2. The van der Waals surface area contributed by atoms with Crippen LogP contribution in [0.15, 0.2) is 78.9 Å². The molecule has 0 unspecified atom stereocenters. The Bertz CT molecular complexity index is 1140. The summed E-state index contributed by atoms with van der Waals surface area (Å²) in [5.74, 6) is -0.304. The average molecular weight is 442 g/mol. The maximum atomic E-state index is 13.6. The summed E-state index contributed by atoms with van der Waals surface area (Å²) in [5, 5.41) is 3.13. The van der Waals surface area contributed by atoms with E-state index in [1.54, 1.807) is 17.0 Å². The number of morpholine rings is 1. The first-order chi connectivity index (χ1) is 16.2. The van der Waals surface area contributed by atoms with Gasteiger partial charge in [0.05, 0.1) is 24.6 Å². The topological polar surface area (TPSA) is 61.9 Å². The molecule has 1 saturated heterocycles. The minimum Gasteiger partial charge on any atom is -0.378 e. The predicted molar refractivity (Wildman–Crippen MR) is 128 cm³/mol. The number of para-hydroxylation sites is 2. The van der Waals surface area contributed by atoms with Crippen molar-refractivity contribution in [3.05, 3.63) is 95.6 Å². The Labute approximate surface area is 193 Å². The molecule has 2 aliphatic heterocycles. The fraction of sp³-hybridized carbons (Fsp3) is 0.259. The third-order valence-electron chi connectivity index (χ3n) is 6.35. The van der Waals surface area contributed by atoms with Crippen molar-refractivity contribution in [1.29, 1.82) is 0 Å². The highest BCUT2D eigenvalue weighted by Crippen LogP contribution is 2.29. The van der Waals surface area contributed by atoms with Crippen molar-refractivity contribution in [2.24, 2.45) is 0 Å². The molecule has 168 valence electrons. The molecule has 3 aromatic carbocycles. The number of benzene rings is 3. The summed E-state index contributed by atoms with van der Waals surface area (Å²) in [7, 11) is 0. The molecule has 0 saturated carbocycles. The van der Waals surface area contributed by atoms with Gasteiger partial charge in [0.2, 0.25) is 5.91 Å². The lowest BCUT2D eigenvalue weighted by Crippen LogP contribution is -2.50. The standard InChI is InChI=1S/C27H27N3O3/c31-26(28-23-12-6-7-13-24(23)29-14-16-33-17-15-29)25-18-21-10-4-5-11-22(21)19-30(25)27(32)20-8-2-1-3-9-20/h1-13,25H,14-19H2,(H,28,31)/t25-/m0/s1. The number of fused-ring (bicyclic) bond motifs is 1. The van der Waals surface area contributed by atoms with Gasteiger partial charge < -0.3 is 19.9 Å². The van der Waals surface area contributed by atoms with E-state index < -0.39 is 6.04 Å². The van der Waals surface area contributed by atoms with Gasteiger partial charge in [-0.2, -0.15) is 0 Å². The summed E-state index contributed by atoms with van der Waals surface area (Å²) >= 11 is 0. The fourth-order valence-corrected chi connectivity index (χ4v) is 4.59. The summed E-state index contributed by atoms with van der Waals surface area (Å²) in [4.78, 5) is 30.9. The minimum absolute atomic E-state index is 0.133.